The smallest absolute Gasteiger partial charge is 0.229 e. The predicted octanol–water partition coefficient (Wildman–Crippen LogP) is 4.50. The molecule has 2 aromatic heterocycles. The van der Waals surface area contributed by atoms with Crippen LogP contribution in [0.1, 0.15) is 11.3 Å². The molecular formula is C16H15BrN4O. The van der Waals surface area contributed by atoms with Crippen molar-refractivity contribution in [2.75, 3.05) is 10.6 Å². The molecule has 0 aliphatic rings. The van der Waals surface area contributed by atoms with Crippen molar-refractivity contribution in [1.29, 1.82) is 0 Å². The lowest BCUT2D eigenvalue weighted by atomic mass is 10.2. The summed E-state index contributed by atoms with van der Waals surface area (Å²) in [6.45, 7) is 2.62. The Hall–Kier alpha value is -2.34. The van der Waals surface area contributed by atoms with E-state index in [0.717, 1.165) is 27.3 Å². The van der Waals surface area contributed by atoms with E-state index in [1.54, 1.807) is 12.5 Å². The molecule has 5 nitrogen and oxygen atoms in total. The Morgan fingerprint density at radius 1 is 1.23 bits per heavy atom. The highest BCUT2D eigenvalue weighted by Gasteiger charge is 2.03. The summed E-state index contributed by atoms with van der Waals surface area (Å²) < 4.78 is 6.36. The van der Waals surface area contributed by atoms with Crippen LogP contribution in [0.5, 0.6) is 0 Å². The number of benzene rings is 1. The number of anilines is 3. The van der Waals surface area contributed by atoms with Gasteiger partial charge in [-0.1, -0.05) is 15.9 Å². The van der Waals surface area contributed by atoms with Gasteiger partial charge in [-0.25, -0.2) is 4.98 Å². The Balaban J connectivity index is 1.69. The third kappa shape index (κ3) is 3.65. The quantitative estimate of drug-likeness (QED) is 0.703. The number of hydrogen-bond donors (Lipinski definition) is 2. The van der Waals surface area contributed by atoms with Crippen LogP contribution in [0.4, 0.5) is 17.5 Å². The number of nitrogens with zero attached hydrogens (tertiary/aromatic N) is 2. The highest BCUT2D eigenvalue weighted by molar-refractivity contribution is 9.10. The summed E-state index contributed by atoms with van der Waals surface area (Å²) in [6.07, 6.45) is 3.37. The molecule has 0 amide bonds. The topological polar surface area (TPSA) is 63.0 Å². The van der Waals surface area contributed by atoms with E-state index in [2.05, 4.69) is 36.5 Å². The van der Waals surface area contributed by atoms with Crippen LogP contribution in [0, 0.1) is 6.92 Å². The minimum absolute atomic E-state index is 0.547. The van der Waals surface area contributed by atoms with Gasteiger partial charge in [-0.3, -0.25) is 0 Å². The standard InChI is InChI=1S/C16H15BrN4O/c1-11-9-12(4-5-14(11)17)20-16-18-7-6-15(21-16)19-10-13-3-2-8-22-13/h2-9H,10H2,1H3,(H2,18,19,20,21). The van der Waals surface area contributed by atoms with E-state index < -0.39 is 0 Å². The molecule has 22 heavy (non-hydrogen) atoms. The summed E-state index contributed by atoms with van der Waals surface area (Å²) >= 11 is 3.49. The Kier molecular flexibility index (Phi) is 4.39. The van der Waals surface area contributed by atoms with Gasteiger partial charge in [0.2, 0.25) is 5.95 Å². The number of halogens is 1. The summed E-state index contributed by atoms with van der Waals surface area (Å²) in [6, 6.07) is 11.6. The molecule has 1 aromatic carbocycles. The van der Waals surface area contributed by atoms with Gasteiger partial charge in [0.15, 0.2) is 0 Å². The molecule has 0 spiro atoms. The first-order chi connectivity index (χ1) is 10.7. The number of aromatic nitrogens is 2. The normalized spacial score (nSPS) is 10.5. The van der Waals surface area contributed by atoms with Crippen molar-refractivity contribution in [3.63, 3.8) is 0 Å². The molecule has 0 saturated heterocycles. The Bertz CT molecular complexity index is 759. The van der Waals surface area contributed by atoms with Crippen molar-refractivity contribution in [3.8, 4) is 0 Å². The molecule has 112 valence electrons. The second kappa shape index (κ2) is 6.62. The van der Waals surface area contributed by atoms with E-state index in [0.29, 0.717) is 12.5 Å². The number of nitrogens with one attached hydrogen (secondary N) is 2. The molecule has 0 unspecified atom stereocenters. The van der Waals surface area contributed by atoms with E-state index in [1.807, 2.05) is 43.3 Å². The molecule has 0 fully saturated rings. The zero-order chi connectivity index (χ0) is 15.4. The van der Waals surface area contributed by atoms with Crippen LogP contribution in [0.25, 0.3) is 0 Å². The molecule has 2 heterocycles. The molecule has 3 aromatic rings. The highest BCUT2D eigenvalue weighted by Crippen LogP contribution is 2.22. The fourth-order valence-corrected chi connectivity index (χ4v) is 2.21. The lowest BCUT2D eigenvalue weighted by molar-refractivity contribution is 0.518. The second-order valence-electron chi connectivity index (χ2n) is 4.79. The summed E-state index contributed by atoms with van der Waals surface area (Å²) in [5, 5.41) is 6.40. The van der Waals surface area contributed by atoms with Gasteiger partial charge >= 0.3 is 0 Å². The molecule has 0 atom stereocenters. The molecule has 0 radical (unpaired) electrons. The monoisotopic (exact) mass is 358 g/mol. The maximum atomic E-state index is 5.28. The molecule has 3 rings (SSSR count). The molecule has 2 N–H and O–H groups in total. The van der Waals surface area contributed by atoms with Crippen LogP contribution < -0.4 is 10.6 Å². The van der Waals surface area contributed by atoms with Crippen molar-refractivity contribution in [3.05, 3.63) is 64.7 Å². The molecular weight excluding hydrogens is 344 g/mol. The van der Waals surface area contributed by atoms with Gasteiger partial charge in [0.1, 0.15) is 11.6 Å². The van der Waals surface area contributed by atoms with E-state index in [-0.39, 0.29) is 0 Å². The minimum Gasteiger partial charge on any atom is -0.467 e. The van der Waals surface area contributed by atoms with Crippen LogP contribution >= 0.6 is 15.9 Å². The average Bonchev–Trinajstić information content (AvgIpc) is 3.03. The molecule has 0 aliphatic heterocycles. The lowest BCUT2D eigenvalue weighted by Crippen LogP contribution is -2.03. The Morgan fingerprint density at radius 2 is 2.14 bits per heavy atom. The van der Waals surface area contributed by atoms with Gasteiger partial charge in [0, 0.05) is 16.4 Å². The van der Waals surface area contributed by atoms with Crippen molar-refractivity contribution < 1.29 is 4.42 Å². The zero-order valence-electron chi connectivity index (χ0n) is 12.0. The highest BCUT2D eigenvalue weighted by atomic mass is 79.9. The first kappa shape index (κ1) is 14.6. The van der Waals surface area contributed by atoms with Gasteiger partial charge in [0.05, 0.1) is 12.8 Å². The van der Waals surface area contributed by atoms with Crippen molar-refractivity contribution >= 4 is 33.4 Å². The molecule has 6 heteroatoms. The van der Waals surface area contributed by atoms with E-state index in [4.69, 9.17) is 4.42 Å². The predicted molar refractivity (Wildman–Crippen MR) is 90.2 cm³/mol. The fourth-order valence-electron chi connectivity index (χ4n) is 1.96. The van der Waals surface area contributed by atoms with Gasteiger partial charge in [-0.2, -0.15) is 4.98 Å². The summed E-state index contributed by atoms with van der Waals surface area (Å²) in [5.74, 6) is 2.14. The number of aryl methyl sites for hydroxylation is 1. The third-order valence-corrected chi connectivity index (χ3v) is 3.98. The number of rotatable bonds is 5. The van der Waals surface area contributed by atoms with Gasteiger partial charge in [0.25, 0.3) is 0 Å². The Morgan fingerprint density at radius 3 is 2.91 bits per heavy atom. The number of hydrogen-bond acceptors (Lipinski definition) is 5. The minimum atomic E-state index is 0.547. The van der Waals surface area contributed by atoms with Crippen LogP contribution in [-0.2, 0) is 6.54 Å². The fraction of sp³-hybridized carbons (Fsp3) is 0.125. The summed E-state index contributed by atoms with van der Waals surface area (Å²) in [5.41, 5.74) is 2.10. The van der Waals surface area contributed by atoms with Crippen LogP contribution in [0.15, 0.2) is 57.7 Å². The van der Waals surface area contributed by atoms with E-state index in [9.17, 15) is 0 Å². The number of furan rings is 1. The maximum absolute atomic E-state index is 5.28. The van der Waals surface area contributed by atoms with E-state index in [1.165, 1.54) is 0 Å². The zero-order valence-corrected chi connectivity index (χ0v) is 13.6. The largest absolute Gasteiger partial charge is 0.467 e. The first-order valence-corrected chi connectivity index (χ1v) is 7.62. The summed E-state index contributed by atoms with van der Waals surface area (Å²) in [4.78, 5) is 8.67. The van der Waals surface area contributed by atoms with Crippen LogP contribution in [0.2, 0.25) is 0 Å². The maximum Gasteiger partial charge on any atom is 0.229 e. The van der Waals surface area contributed by atoms with Crippen LogP contribution in [-0.4, -0.2) is 9.97 Å². The van der Waals surface area contributed by atoms with Crippen molar-refractivity contribution in [1.82, 2.24) is 9.97 Å². The Labute approximate surface area is 136 Å². The van der Waals surface area contributed by atoms with E-state index >= 15 is 0 Å². The SMILES string of the molecule is Cc1cc(Nc2nccc(NCc3ccco3)n2)ccc1Br. The summed E-state index contributed by atoms with van der Waals surface area (Å²) in [7, 11) is 0. The van der Waals surface area contributed by atoms with Crippen LogP contribution in [0.3, 0.4) is 0 Å². The van der Waals surface area contributed by atoms with Gasteiger partial charge in [-0.15, -0.1) is 0 Å². The average molecular weight is 359 g/mol. The van der Waals surface area contributed by atoms with Gasteiger partial charge in [-0.05, 0) is 48.9 Å². The third-order valence-electron chi connectivity index (χ3n) is 3.09. The van der Waals surface area contributed by atoms with Gasteiger partial charge < -0.3 is 15.1 Å². The molecule has 0 bridgehead atoms. The van der Waals surface area contributed by atoms with Crippen molar-refractivity contribution in [2.24, 2.45) is 0 Å². The molecule has 0 aliphatic carbocycles. The first-order valence-electron chi connectivity index (χ1n) is 6.83. The van der Waals surface area contributed by atoms with Crippen molar-refractivity contribution in [2.45, 2.75) is 13.5 Å². The second-order valence-corrected chi connectivity index (χ2v) is 5.64. The molecule has 0 saturated carbocycles. The lowest BCUT2D eigenvalue weighted by Gasteiger charge is -2.08.